The van der Waals surface area contributed by atoms with Gasteiger partial charge in [0.1, 0.15) is 6.04 Å². The van der Waals surface area contributed by atoms with Crippen LogP contribution in [0.4, 0.5) is 5.69 Å². The highest BCUT2D eigenvalue weighted by molar-refractivity contribution is 7.99. The van der Waals surface area contributed by atoms with Crippen molar-refractivity contribution in [1.82, 2.24) is 4.90 Å². The van der Waals surface area contributed by atoms with E-state index in [9.17, 15) is 9.59 Å². The van der Waals surface area contributed by atoms with Gasteiger partial charge in [-0.15, -0.1) is 11.8 Å². The molecule has 1 aliphatic heterocycles. The summed E-state index contributed by atoms with van der Waals surface area (Å²) < 4.78 is 11.1. The molecule has 7 nitrogen and oxygen atoms in total. The third-order valence-electron chi connectivity index (χ3n) is 4.29. The van der Waals surface area contributed by atoms with Gasteiger partial charge in [0.05, 0.1) is 24.1 Å². The maximum absolute atomic E-state index is 12.7. The molecule has 1 saturated heterocycles. The first-order valence-electron chi connectivity index (χ1n) is 9.15. The maximum Gasteiger partial charge on any atom is 0.261 e. The minimum atomic E-state index is -0.575. The monoisotopic (exact) mass is 411 g/mol. The van der Waals surface area contributed by atoms with E-state index in [1.54, 1.807) is 36.4 Å². The van der Waals surface area contributed by atoms with Gasteiger partial charge >= 0.3 is 0 Å². The number of hydrogen-bond acceptors (Lipinski definition) is 6. The van der Waals surface area contributed by atoms with Crippen molar-refractivity contribution in [2.75, 3.05) is 30.2 Å². The van der Waals surface area contributed by atoms with Gasteiger partial charge in [-0.05, 0) is 43.3 Å². The molecule has 1 aliphatic rings. The summed E-state index contributed by atoms with van der Waals surface area (Å²) in [6, 6.07) is 15.2. The van der Waals surface area contributed by atoms with Crippen molar-refractivity contribution in [3.8, 4) is 17.6 Å². The highest BCUT2D eigenvalue weighted by Gasteiger charge is 2.34. The first-order chi connectivity index (χ1) is 14.1. The van der Waals surface area contributed by atoms with Gasteiger partial charge in [-0.3, -0.25) is 9.59 Å². The van der Waals surface area contributed by atoms with Crippen LogP contribution in [-0.2, 0) is 9.59 Å². The molecule has 0 bridgehead atoms. The predicted octanol–water partition coefficient (Wildman–Crippen LogP) is 2.88. The van der Waals surface area contributed by atoms with E-state index in [-0.39, 0.29) is 18.4 Å². The van der Waals surface area contributed by atoms with Gasteiger partial charge < -0.3 is 19.7 Å². The van der Waals surface area contributed by atoms with Crippen LogP contribution in [0.3, 0.4) is 0 Å². The predicted molar refractivity (Wildman–Crippen MR) is 111 cm³/mol. The number of anilines is 1. The fourth-order valence-corrected chi connectivity index (χ4v) is 4.01. The average Bonchev–Trinajstić information content (AvgIpc) is 3.24. The highest BCUT2D eigenvalue weighted by Crippen LogP contribution is 2.27. The third kappa shape index (κ3) is 5.21. The number of nitriles is 1. The number of thioether (sulfide) groups is 1. The molecular weight excluding hydrogens is 390 g/mol. The SMILES string of the molecule is CCOc1ccccc1OCC(=O)N1CSCC1C(=O)Nc1ccc(C#N)cc1. The van der Waals surface area contributed by atoms with E-state index >= 15 is 0 Å². The van der Waals surface area contributed by atoms with Gasteiger partial charge in [0.25, 0.3) is 5.91 Å². The van der Waals surface area contributed by atoms with Gasteiger partial charge in [0, 0.05) is 11.4 Å². The van der Waals surface area contributed by atoms with Gasteiger partial charge in [-0.25, -0.2) is 0 Å². The van der Waals surface area contributed by atoms with Crippen LogP contribution in [-0.4, -0.2) is 47.6 Å². The minimum Gasteiger partial charge on any atom is -0.490 e. The standard InChI is InChI=1S/C21H21N3O4S/c1-2-27-18-5-3-4-6-19(18)28-12-20(25)24-14-29-13-17(24)21(26)23-16-9-7-15(11-22)8-10-16/h3-10,17H,2,12-14H2,1H3,(H,23,26). The van der Waals surface area contributed by atoms with Crippen LogP contribution in [0.1, 0.15) is 12.5 Å². The Kier molecular flexibility index (Phi) is 6.98. The fraction of sp³-hybridized carbons (Fsp3) is 0.286. The van der Waals surface area contributed by atoms with Gasteiger partial charge in [-0.2, -0.15) is 5.26 Å². The lowest BCUT2D eigenvalue weighted by molar-refractivity contribution is -0.137. The zero-order valence-electron chi connectivity index (χ0n) is 16.0. The van der Waals surface area contributed by atoms with Crippen molar-refractivity contribution >= 4 is 29.3 Å². The molecule has 1 unspecified atom stereocenters. The Balaban J connectivity index is 1.60. The van der Waals surface area contributed by atoms with Crippen molar-refractivity contribution in [2.45, 2.75) is 13.0 Å². The van der Waals surface area contributed by atoms with Crippen LogP contribution in [0.5, 0.6) is 11.5 Å². The Morgan fingerprint density at radius 2 is 1.86 bits per heavy atom. The molecule has 0 radical (unpaired) electrons. The van der Waals surface area contributed by atoms with Crippen LogP contribution in [0.2, 0.25) is 0 Å². The molecule has 1 fully saturated rings. The molecule has 1 heterocycles. The summed E-state index contributed by atoms with van der Waals surface area (Å²) in [6.45, 7) is 2.19. The van der Waals surface area contributed by atoms with Crippen LogP contribution in [0, 0.1) is 11.3 Å². The van der Waals surface area contributed by atoms with Crippen molar-refractivity contribution in [3.63, 3.8) is 0 Å². The number of hydrogen-bond donors (Lipinski definition) is 1. The van der Waals surface area contributed by atoms with Crippen molar-refractivity contribution in [1.29, 1.82) is 5.26 Å². The zero-order chi connectivity index (χ0) is 20.6. The number of nitrogens with zero attached hydrogens (tertiary/aromatic N) is 2. The summed E-state index contributed by atoms with van der Waals surface area (Å²) >= 11 is 1.52. The molecule has 150 valence electrons. The Morgan fingerprint density at radius 3 is 2.52 bits per heavy atom. The molecule has 0 spiro atoms. The summed E-state index contributed by atoms with van der Waals surface area (Å²) in [4.78, 5) is 26.8. The van der Waals surface area contributed by atoms with Gasteiger partial charge in [0.15, 0.2) is 18.1 Å². The van der Waals surface area contributed by atoms with E-state index in [0.717, 1.165) is 0 Å². The molecular formula is C21H21N3O4S. The Morgan fingerprint density at radius 1 is 1.17 bits per heavy atom. The summed E-state index contributed by atoms with van der Waals surface area (Å²) in [7, 11) is 0. The highest BCUT2D eigenvalue weighted by atomic mass is 32.2. The molecule has 1 N–H and O–H groups in total. The maximum atomic E-state index is 12.7. The number of carbonyl (C=O) groups is 2. The van der Waals surface area contributed by atoms with Crippen LogP contribution in [0.25, 0.3) is 0 Å². The van der Waals surface area contributed by atoms with Crippen molar-refractivity contribution in [3.05, 3.63) is 54.1 Å². The van der Waals surface area contributed by atoms with Gasteiger partial charge in [-0.1, -0.05) is 12.1 Å². The second-order valence-electron chi connectivity index (χ2n) is 6.23. The molecule has 1 atom stereocenters. The fourth-order valence-electron chi connectivity index (χ4n) is 2.83. The van der Waals surface area contributed by atoms with E-state index in [1.807, 2.05) is 25.1 Å². The van der Waals surface area contributed by atoms with E-state index in [1.165, 1.54) is 16.7 Å². The summed E-state index contributed by atoms with van der Waals surface area (Å²) in [5, 5.41) is 11.7. The van der Waals surface area contributed by atoms with Crippen LogP contribution in [0.15, 0.2) is 48.5 Å². The van der Waals surface area contributed by atoms with Crippen LogP contribution >= 0.6 is 11.8 Å². The van der Waals surface area contributed by atoms with E-state index in [4.69, 9.17) is 14.7 Å². The number of amides is 2. The number of carbonyl (C=O) groups excluding carboxylic acids is 2. The molecule has 0 saturated carbocycles. The summed E-state index contributed by atoms with van der Waals surface area (Å²) in [6.07, 6.45) is 0. The second kappa shape index (κ2) is 9.85. The molecule has 2 aromatic rings. The first kappa shape index (κ1) is 20.6. The summed E-state index contributed by atoms with van der Waals surface area (Å²) in [5.41, 5.74) is 1.10. The topological polar surface area (TPSA) is 91.7 Å². The first-order valence-corrected chi connectivity index (χ1v) is 10.3. The lowest BCUT2D eigenvalue weighted by atomic mass is 10.2. The molecule has 0 aliphatic carbocycles. The number of benzene rings is 2. The molecule has 3 rings (SSSR count). The second-order valence-corrected chi connectivity index (χ2v) is 7.23. The Hall–Kier alpha value is -3.18. The van der Waals surface area contributed by atoms with E-state index in [2.05, 4.69) is 5.32 Å². The number of ether oxygens (including phenoxy) is 2. The van der Waals surface area contributed by atoms with Gasteiger partial charge in [0.2, 0.25) is 5.91 Å². The largest absolute Gasteiger partial charge is 0.490 e. The molecule has 29 heavy (non-hydrogen) atoms. The normalized spacial score (nSPS) is 15.4. The zero-order valence-corrected chi connectivity index (χ0v) is 16.8. The Bertz CT molecular complexity index is 911. The lowest BCUT2D eigenvalue weighted by Crippen LogP contribution is -2.46. The number of nitrogens with one attached hydrogen (secondary N) is 1. The van der Waals surface area contributed by atoms with E-state index < -0.39 is 6.04 Å². The molecule has 0 aromatic heterocycles. The molecule has 8 heteroatoms. The number of para-hydroxylation sites is 2. The van der Waals surface area contributed by atoms with Crippen molar-refractivity contribution in [2.24, 2.45) is 0 Å². The number of rotatable bonds is 7. The smallest absolute Gasteiger partial charge is 0.261 e. The third-order valence-corrected chi connectivity index (χ3v) is 5.30. The van der Waals surface area contributed by atoms with E-state index in [0.29, 0.717) is 41.0 Å². The quantitative estimate of drug-likeness (QED) is 0.753. The molecule has 2 aromatic carbocycles. The van der Waals surface area contributed by atoms with Crippen molar-refractivity contribution < 1.29 is 19.1 Å². The minimum absolute atomic E-state index is 0.175. The van der Waals surface area contributed by atoms with Crippen LogP contribution < -0.4 is 14.8 Å². The molecule has 2 amide bonds. The summed E-state index contributed by atoms with van der Waals surface area (Å²) in [5.74, 6) is 1.50. The Labute approximate surface area is 173 Å². The average molecular weight is 411 g/mol. The lowest BCUT2D eigenvalue weighted by Gasteiger charge is -2.23.